The average molecular weight is 364 g/mol. The van der Waals surface area contributed by atoms with Gasteiger partial charge in [-0.1, -0.05) is 41.4 Å². The van der Waals surface area contributed by atoms with Gasteiger partial charge in [0.2, 0.25) is 0 Å². The maximum absolute atomic E-state index is 6.08. The lowest BCUT2D eigenvalue weighted by atomic mass is 10.1. The molecule has 1 heterocycles. The van der Waals surface area contributed by atoms with E-state index < -0.39 is 0 Å². The summed E-state index contributed by atoms with van der Waals surface area (Å²) in [5, 5.41) is 0. The third kappa shape index (κ3) is 2.85. The van der Waals surface area contributed by atoms with Crippen LogP contribution < -0.4 is 0 Å². The predicted octanol–water partition coefficient (Wildman–Crippen LogP) is 5.48. The molecular formula is C17H16BrClN2. The van der Waals surface area contributed by atoms with E-state index in [2.05, 4.69) is 62.7 Å². The summed E-state index contributed by atoms with van der Waals surface area (Å²) in [6, 6.07) is 14.8. The summed E-state index contributed by atoms with van der Waals surface area (Å²) < 4.78 is 3.16. The van der Waals surface area contributed by atoms with E-state index in [1.165, 1.54) is 5.56 Å². The van der Waals surface area contributed by atoms with Crippen molar-refractivity contribution in [3.63, 3.8) is 0 Å². The standard InChI is InChI=1S/C17H16BrClN2/c1-2-3-12-4-7-14(8-5-12)21-16-9-6-13(18)10-15(16)20-17(21)11-19/h4-10H,2-3,11H2,1H3. The van der Waals surface area contributed by atoms with E-state index in [1.807, 2.05) is 12.1 Å². The lowest BCUT2D eigenvalue weighted by Gasteiger charge is -2.09. The molecule has 0 aliphatic carbocycles. The molecule has 0 atom stereocenters. The number of imidazole rings is 1. The number of aromatic nitrogens is 2. The molecule has 2 nitrogen and oxygen atoms in total. The molecule has 0 unspecified atom stereocenters. The van der Waals surface area contributed by atoms with Gasteiger partial charge >= 0.3 is 0 Å². The van der Waals surface area contributed by atoms with E-state index >= 15 is 0 Å². The number of benzene rings is 2. The van der Waals surface area contributed by atoms with E-state index in [4.69, 9.17) is 11.6 Å². The Morgan fingerprint density at radius 2 is 1.90 bits per heavy atom. The van der Waals surface area contributed by atoms with Gasteiger partial charge in [0.1, 0.15) is 5.82 Å². The highest BCUT2D eigenvalue weighted by Gasteiger charge is 2.11. The van der Waals surface area contributed by atoms with Crippen LogP contribution in [0.15, 0.2) is 46.9 Å². The van der Waals surface area contributed by atoms with E-state index in [9.17, 15) is 0 Å². The molecule has 0 amide bonds. The molecule has 2 aromatic carbocycles. The quantitative estimate of drug-likeness (QED) is 0.561. The minimum atomic E-state index is 0.392. The average Bonchev–Trinajstić information content (AvgIpc) is 2.86. The summed E-state index contributed by atoms with van der Waals surface area (Å²) in [7, 11) is 0. The van der Waals surface area contributed by atoms with Crippen molar-refractivity contribution in [2.24, 2.45) is 0 Å². The first-order valence-corrected chi connectivity index (χ1v) is 8.38. The Hall–Kier alpha value is -1.32. The Morgan fingerprint density at radius 1 is 1.14 bits per heavy atom. The van der Waals surface area contributed by atoms with Crippen LogP contribution in [-0.2, 0) is 12.3 Å². The zero-order valence-electron chi connectivity index (χ0n) is 11.8. The predicted molar refractivity (Wildman–Crippen MR) is 92.3 cm³/mol. The SMILES string of the molecule is CCCc1ccc(-n2c(CCl)nc3cc(Br)ccc32)cc1. The first kappa shape index (κ1) is 14.6. The topological polar surface area (TPSA) is 17.8 Å². The van der Waals surface area contributed by atoms with Crippen LogP contribution in [0.3, 0.4) is 0 Å². The summed E-state index contributed by atoms with van der Waals surface area (Å²) in [4.78, 5) is 4.63. The maximum Gasteiger partial charge on any atom is 0.129 e. The third-order valence-electron chi connectivity index (χ3n) is 3.54. The molecule has 1 aromatic heterocycles. The molecule has 0 aliphatic heterocycles. The van der Waals surface area contributed by atoms with Crippen LogP contribution >= 0.6 is 27.5 Å². The van der Waals surface area contributed by atoms with Crippen LogP contribution in [0.1, 0.15) is 24.7 Å². The van der Waals surface area contributed by atoms with Gasteiger partial charge in [0.15, 0.2) is 0 Å². The van der Waals surface area contributed by atoms with Crippen molar-refractivity contribution in [2.75, 3.05) is 0 Å². The van der Waals surface area contributed by atoms with E-state index in [-0.39, 0.29) is 0 Å². The van der Waals surface area contributed by atoms with Gasteiger partial charge in [0.25, 0.3) is 0 Å². The number of hydrogen-bond acceptors (Lipinski definition) is 1. The highest BCUT2D eigenvalue weighted by Crippen LogP contribution is 2.25. The van der Waals surface area contributed by atoms with Gasteiger partial charge in [-0.25, -0.2) is 4.98 Å². The normalized spacial score (nSPS) is 11.2. The molecule has 0 N–H and O–H groups in total. The van der Waals surface area contributed by atoms with Gasteiger partial charge < -0.3 is 0 Å². The van der Waals surface area contributed by atoms with Crippen molar-refractivity contribution in [1.82, 2.24) is 9.55 Å². The van der Waals surface area contributed by atoms with Gasteiger partial charge in [-0.05, 0) is 42.3 Å². The lowest BCUT2D eigenvalue weighted by molar-refractivity contribution is 0.918. The Morgan fingerprint density at radius 3 is 2.57 bits per heavy atom. The minimum Gasteiger partial charge on any atom is -0.295 e. The molecule has 0 spiro atoms. The summed E-state index contributed by atoms with van der Waals surface area (Å²) in [6.45, 7) is 2.20. The van der Waals surface area contributed by atoms with Crippen molar-refractivity contribution >= 4 is 38.6 Å². The van der Waals surface area contributed by atoms with Crippen LogP contribution in [0, 0.1) is 0 Å². The smallest absolute Gasteiger partial charge is 0.129 e. The molecule has 3 rings (SSSR count). The van der Waals surface area contributed by atoms with Crippen LogP contribution in [-0.4, -0.2) is 9.55 Å². The van der Waals surface area contributed by atoms with Gasteiger partial charge in [0, 0.05) is 10.2 Å². The van der Waals surface area contributed by atoms with E-state index in [0.29, 0.717) is 5.88 Å². The van der Waals surface area contributed by atoms with E-state index in [1.54, 1.807) is 0 Å². The van der Waals surface area contributed by atoms with Crippen LogP contribution in [0.5, 0.6) is 0 Å². The molecule has 0 saturated heterocycles. The van der Waals surface area contributed by atoms with Crippen molar-refractivity contribution < 1.29 is 0 Å². The molecule has 4 heteroatoms. The van der Waals surface area contributed by atoms with Crippen LogP contribution in [0.25, 0.3) is 16.7 Å². The Bertz CT molecular complexity index is 762. The largest absolute Gasteiger partial charge is 0.295 e. The number of nitrogens with zero attached hydrogens (tertiary/aromatic N) is 2. The molecule has 108 valence electrons. The fraction of sp³-hybridized carbons (Fsp3) is 0.235. The molecule has 0 radical (unpaired) electrons. The second-order valence-electron chi connectivity index (χ2n) is 5.05. The van der Waals surface area contributed by atoms with Crippen molar-refractivity contribution in [2.45, 2.75) is 25.6 Å². The third-order valence-corrected chi connectivity index (χ3v) is 4.27. The summed E-state index contributed by atoms with van der Waals surface area (Å²) in [6.07, 6.45) is 2.27. The van der Waals surface area contributed by atoms with E-state index in [0.717, 1.165) is 39.9 Å². The lowest BCUT2D eigenvalue weighted by Crippen LogP contribution is -1.99. The first-order valence-electron chi connectivity index (χ1n) is 7.05. The first-order chi connectivity index (χ1) is 10.2. The Labute approximate surface area is 137 Å². The van der Waals surface area contributed by atoms with Crippen molar-refractivity contribution in [3.05, 3.63) is 58.3 Å². The zero-order chi connectivity index (χ0) is 14.8. The summed E-state index contributed by atoms with van der Waals surface area (Å²) in [5.41, 5.74) is 4.51. The highest BCUT2D eigenvalue weighted by molar-refractivity contribution is 9.10. The number of aryl methyl sites for hydroxylation is 1. The fourth-order valence-electron chi connectivity index (χ4n) is 2.58. The molecule has 3 aromatic rings. The molecular weight excluding hydrogens is 348 g/mol. The fourth-order valence-corrected chi connectivity index (χ4v) is 3.11. The molecule has 0 fully saturated rings. The molecule has 21 heavy (non-hydrogen) atoms. The highest BCUT2D eigenvalue weighted by atomic mass is 79.9. The van der Waals surface area contributed by atoms with Crippen molar-refractivity contribution in [1.29, 1.82) is 0 Å². The Balaban J connectivity index is 2.13. The molecule has 0 aliphatic rings. The zero-order valence-corrected chi connectivity index (χ0v) is 14.2. The number of halogens is 2. The number of hydrogen-bond donors (Lipinski definition) is 0. The number of fused-ring (bicyclic) bond motifs is 1. The minimum absolute atomic E-state index is 0.392. The van der Waals surface area contributed by atoms with Crippen LogP contribution in [0.2, 0.25) is 0 Å². The van der Waals surface area contributed by atoms with Gasteiger partial charge in [-0.2, -0.15) is 0 Å². The second kappa shape index (κ2) is 6.20. The van der Waals surface area contributed by atoms with Gasteiger partial charge in [-0.3, -0.25) is 4.57 Å². The summed E-state index contributed by atoms with van der Waals surface area (Å²) in [5.74, 6) is 1.26. The van der Waals surface area contributed by atoms with Gasteiger partial charge in [-0.15, -0.1) is 11.6 Å². The maximum atomic E-state index is 6.08. The monoisotopic (exact) mass is 362 g/mol. The molecule has 0 saturated carbocycles. The Kier molecular flexibility index (Phi) is 4.32. The second-order valence-corrected chi connectivity index (χ2v) is 6.23. The van der Waals surface area contributed by atoms with Gasteiger partial charge in [0.05, 0.1) is 16.9 Å². The van der Waals surface area contributed by atoms with Crippen LogP contribution in [0.4, 0.5) is 0 Å². The summed E-state index contributed by atoms with van der Waals surface area (Å²) >= 11 is 9.57. The number of alkyl halides is 1. The van der Waals surface area contributed by atoms with Crippen molar-refractivity contribution in [3.8, 4) is 5.69 Å². The molecule has 0 bridgehead atoms. The number of rotatable bonds is 4.